The number of anilines is 3. The first-order valence-electron chi connectivity index (χ1n) is 21.8. The highest BCUT2D eigenvalue weighted by Gasteiger charge is 2.42. The molecule has 2 aliphatic rings. The predicted molar refractivity (Wildman–Crippen MR) is 256 cm³/mol. The Morgan fingerprint density at radius 2 is 0.898 bits per heavy atom. The van der Waals surface area contributed by atoms with E-state index in [9.17, 15) is 0 Å². The number of hydrogen-bond acceptors (Lipinski definition) is 2. The Hall–Kier alpha value is -5.77. The first-order chi connectivity index (χ1) is 28.6. The van der Waals surface area contributed by atoms with Crippen LogP contribution in [0, 0.1) is 0 Å². The van der Waals surface area contributed by atoms with E-state index in [2.05, 4.69) is 216 Å². The molecule has 3 heteroatoms. The van der Waals surface area contributed by atoms with Crippen LogP contribution >= 0.6 is 0 Å². The van der Waals surface area contributed by atoms with Crippen LogP contribution in [0.2, 0.25) is 19.6 Å². The molecule has 6 aromatic carbocycles. The normalized spacial score (nSPS) is 14.5. The predicted octanol–water partition coefficient (Wildman–Crippen LogP) is 15.1. The Bertz CT molecular complexity index is 2640. The molecule has 1 aromatic heterocycles. The van der Waals surface area contributed by atoms with Crippen molar-refractivity contribution < 1.29 is 0 Å². The molecular weight excluding hydrogens is 729 g/mol. The smallest absolute Gasteiger partial charge is 0.101 e. The summed E-state index contributed by atoms with van der Waals surface area (Å²) in [4.78, 5) is 7.31. The van der Waals surface area contributed by atoms with Crippen molar-refractivity contribution in [2.24, 2.45) is 0 Å². The minimum Gasteiger partial charge on any atom is -0.310 e. The Morgan fingerprint density at radius 3 is 1.36 bits per heavy atom. The second kappa shape index (κ2) is 15.1. The molecule has 0 fully saturated rings. The van der Waals surface area contributed by atoms with Gasteiger partial charge in [-0.3, -0.25) is 4.98 Å². The van der Waals surface area contributed by atoms with Gasteiger partial charge in [0.2, 0.25) is 0 Å². The molecule has 59 heavy (non-hydrogen) atoms. The van der Waals surface area contributed by atoms with E-state index >= 15 is 0 Å². The number of aromatic nitrogens is 1. The molecule has 2 aliphatic carbocycles. The number of pyridine rings is 1. The lowest BCUT2D eigenvalue weighted by molar-refractivity contribution is 0.490. The standard InChI is InChI=1S/C56H56N2Si/c1-8-55(9-2)50-34-39(24-29-46(50)48-31-26-41(36-52(48)55)42-27-33-54(57-38-42)59(5,6)7)22-23-40-25-30-47-49-32-28-45(37-53(49)56(10-3,11-4)51(47)35-40)58(43-18-14-12-15-19-43)44-20-16-13-17-21-44/h12-38H,8-11H2,1-7H3. The van der Waals surface area contributed by atoms with Crippen molar-refractivity contribution >= 4 is 42.6 Å². The van der Waals surface area contributed by atoms with Gasteiger partial charge in [-0.1, -0.05) is 157 Å². The van der Waals surface area contributed by atoms with Crippen LogP contribution in [0.5, 0.6) is 0 Å². The van der Waals surface area contributed by atoms with Gasteiger partial charge >= 0.3 is 0 Å². The van der Waals surface area contributed by atoms with Crippen LogP contribution in [0.25, 0.3) is 45.5 Å². The average molecular weight is 785 g/mol. The molecule has 0 N–H and O–H groups in total. The summed E-state index contributed by atoms with van der Waals surface area (Å²) in [7, 11) is -1.46. The molecule has 0 saturated heterocycles. The van der Waals surface area contributed by atoms with Crippen molar-refractivity contribution in [2.75, 3.05) is 4.90 Å². The van der Waals surface area contributed by atoms with Crippen LogP contribution in [-0.4, -0.2) is 13.1 Å². The molecule has 1 heterocycles. The van der Waals surface area contributed by atoms with Crippen LogP contribution in [0.3, 0.4) is 0 Å². The van der Waals surface area contributed by atoms with Gasteiger partial charge in [0, 0.05) is 39.4 Å². The van der Waals surface area contributed by atoms with E-state index in [4.69, 9.17) is 4.98 Å². The second-order valence-corrected chi connectivity index (χ2v) is 22.7. The lowest BCUT2D eigenvalue weighted by Gasteiger charge is -2.32. The van der Waals surface area contributed by atoms with Crippen molar-refractivity contribution in [1.82, 2.24) is 4.98 Å². The first kappa shape index (κ1) is 38.7. The van der Waals surface area contributed by atoms with Gasteiger partial charge in [-0.25, -0.2) is 0 Å². The Kier molecular flexibility index (Phi) is 9.92. The summed E-state index contributed by atoms with van der Waals surface area (Å²) in [5.41, 5.74) is 19.7. The zero-order valence-electron chi connectivity index (χ0n) is 35.8. The monoisotopic (exact) mass is 784 g/mol. The van der Waals surface area contributed by atoms with E-state index in [0.29, 0.717) is 0 Å². The third-order valence-electron chi connectivity index (χ3n) is 13.8. The van der Waals surface area contributed by atoms with E-state index in [1.54, 1.807) is 0 Å². The summed E-state index contributed by atoms with van der Waals surface area (Å²) >= 11 is 0. The Labute approximate surface area is 353 Å². The fourth-order valence-electron chi connectivity index (χ4n) is 10.4. The molecular formula is C56H56N2Si. The summed E-state index contributed by atoms with van der Waals surface area (Å²) in [6.45, 7) is 16.5. The molecule has 7 aromatic rings. The van der Waals surface area contributed by atoms with Gasteiger partial charge in [-0.05, 0) is 141 Å². The topological polar surface area (TPSA) is 16.1 Å². The van der Waals surface area contributed by atoms with E-state index < -0.39 is 8.07 Å². The molecule has 0 bridgehead atoms. The van der Waals surface area contributed by atoms with Crippen LogP contribution in [0.15, 0.2) is 152 Å². The minimum absolute atomic E-state index is 0.0210. The van der Waals surface area contributed by atoms with Crippen molar-refractivity contribution in [2.45, 2.75) is 83.8 Å². The molecule has 0 radical (unpaired) electrons. The van der Waals surface area contributed by atoms with Crippen LogP contribution in [0.4, 0.5) is 17.1 Å². The fraction of sp³-hybridized carbons (Fsp3) is 0.232. The SMILES string of the molecule is CCC1(CC)c2cc(C=Cc3ccc4c(c3)C(CC)(CC)c3cc(N(c5ccccc5)c5ccccc5)ccc3-4)ccc2-c2ccc(-c3ccc([Si](C)(C)C)nc3)cc21. The van der Waals surface area contributed by atoms with Crippen LogP contribution in [0.1, 0.15) is 86.8 Å². The van der Waals surface area contributed by atoms with E-state index in [0.717, 1.165) is 37.1 Å². The zero-order chi connectivity index (χ0) is 40.9. The van der Waals surface area contributed by atoms with Gasteiger partial charge in [-0.15, -0.1) is 0 Å². The average Bonchev–Trinajstić information content (AvgIpc) is 3.71. The van der Waals surface area contributed by atoms with Crippen molar-refractivity contribution in [1.29, 1.82) is 0 Å². The molecule has 294 valence electrons. The van der Waals surface area contributed by atoms with E-state index in [1.165, 1.54) is 77.8 Å². The highest BCUT2D eigenvalue weighted by atomic mass is 28.3. The maximum atomic E-state index is 4.92. The van der Waals surface area contributed by atoms with E-state index in [1.807, 2.05) is 0 Å². The molecule has 2 nitrogen and oxygen atoms in total. The van der Waals surface area contributed by atoms with Gasteiger partial charge in [-0.2, -0.15) is 0 Å². The Balaban J connectivity index is 1.04. The van der Waals surface area contributed by atoms with Gasteiger partial charge in [0.05, 0.1) is 0 Å². The van der Waals surface area contributed by atoms with Gasteiger partial charge < -0.3 is 4.90 Å². The van der Waals surface area contributed by atoms with Crippen LogP contribution < -0.4 is 10.2 Å². The number of fused-ring (bicyclic) bond motifs is 6. The molecule has 0 amide bonds. The zero-order valence-corrected chi connectivity index (χ0v) is 36.8. The third kappa shape index (κ3) is 6.42. The van der Waals surface area contributed by atoms with Gasteiger partial charge in [0.1, 0.15) is 8.07 Å². The quantitative estimate of drug-likeness (QED) is 0.0959. The molecule has 0 atom stereocenters. The highest BCUT2D eigenvalue weighted by Crippen LogP contribution is 2.56. The molecule has 0 spiro atoms. The number of nitrogens with zero attached hydrogens (tertiary/aromatic N) is 2. The second-order valence-electron chi connectivity index (χ2n) is 17.7. The summed E-state index contributed by atoms with van der Waals surface area (Å²) in [5, 5.41) is 1.26. The Morgan fingerprint density at radius 1 is 0.458 bits per heavy atom. The minimum atomic E-state index is -1.46. The molecule has 9 rings (SSSR count). The molecule has 0 saturated carbocycles. The molecule has 0 unspecified atom stereocenters. The third-order valence-corrected chi connectivity index (χ3v) is 15.6. The van der Waals surface area contributed by atoms with Crippen molar-refractivity contribution in [3.8, 4) is 33.4 Å². The summed E-state index contributed by atoms with van der Waals surface area (Å²) in [5.74, 6) is 0. The molecule has 0 aliphatic heterocycles. The van der Waals surface area contributed by atoms with Crippen molar-refractivity contribution in [3.63, 3.8) is 0 Å². The number of para-hydroxylation sites is 2. The largest absolute Gasteiger partial charge is 0.310 e. The lowest BCUT2D eigenvalue weighted by Crippen LogP contribution is -2.39. The number of hydrogen-bond donors (Lipinski definition) is 0. The summed E-state index contributed by atoms with van der Waals surface area (Å²) in [6.07, 6.45) is 11.0. The maximum Gasteiger partial charge on any atom is 0.101 e. The van der Waals surface area contributed by atoms with Gasteiger partial charge in [0.15, 0.2) is 0 Å². The van der Waals surface area contributed by atoms with Crippen molar-refractivity contribution in [3.05, 3.63) is 185 Å². The highest BCUT2D eigenvalue weighted by molar-refractivity contribution is 6.88. The number of rotatable bonds is 11. The van der Waals surface area contributed by atoms with E-state index in [-0.39, 0.29) is 10.8 Å². The van der Waals surface area contributed by atoms with Gasteiger partial charge in [0.25, 0.3) is 0 Å². The van der Waals surface area contributed by atoms with Crippen LogP contribution in [-0.2, 0) is 10.8 Å². The lowest BCUT2D eigenvalue weighted by atomic mass is 9.73. The summed E-state index contributed by atoms with van der Waals surface area (Å²) < 4.78 is 0. The number of benzene rings is 6. The summed E-state index contributed by atoms with van der Waals surface area (Å²) in [6, 6.07) is 54.6. The first-order valence-corrected chi connectivity index (χ1v) is 25.3. The fourth-order valence-corrected chi connectivity index (χ4v) is 11.4. The maximum absolute atomic E-state index is 4.92.